The van der Waals surface area contributed by atoms with Gasteiger partial charge in [-0.3, -0.25) is 0 Å². The van der Waals surface area contributed by atoms with Crippen LogP contribution < -0.4 is 0 Å². The van der Waals surface area contributed by atoms with Gasteiger partial charge in [-0.1, -0.05) is 52.0 Å². The fourth-order valence-corrected chi connectivity index (χ4v) is 2.03. The van der Waals surface area contributed by atoms with Crippen molar-refractivity contribution in [2.75, 3.05) is 0 Å². The zero-order valence-corrected chi connectivity index (χ0v) is 13.6. The molecule has 2 nitrogen and oxygen atoms in total. The SMILES string of the molecule is CC(C)c1cccc(O)c1.Cc1ccc(C(C)C)c(O)c1. The molecule has 0 spiro atoms. The van der Waals surface area contributed by atoms with E-state index in [9.17, 15) is 5.11 Å². The Bertz CT molecular complexity index is 572. The highest BCUT2D eigenvalue weighted by Gasteiger charge is 2.04. The van der Waals surface area contributed by atoms with Gasteiger partial charge in [-0.05, 0) is 53.6 Å². The first kappa shape index (κ1) is 17.1. The lowest BCUT2D eigenvalue weighted by atomic mass is 10.0. The van der Waals surface area contributed by atoms with Crippen LogP contribution in [0, 0.1) is 6.92 Å². The van der Waals surface area contributed by atoms with Crippen molar-refractivity contribution in [2.45, 2.75) is 46.5 Å². The number of phenols is 2. The summed E-state index contributed by atoms with van der Waals surface area (Å²) in [6.07, 6.45) is 0. The maximum Gasteiger partial charge on any atom is 0.119 e. The third-order valence-electron chi connectivity index (χ3n) is 3.34. The molecule has 0 fully saturated rings. The number of hydrogen-bond acceptors (Lipinski definition) is 2. The molecule has 0 aliphatic rings. The fraction of sp³-hybridized carbons (Fsp3) is 0.368. The minimum atomic E-state index is 0.353. The highest BCUT2D eigenvalue weighted by molar-refractivity contribution is 5.37. The van der Waals surface area contributed by atoms with E-state index >= 15 is 0 Å². The summed E-state index contributed by atoms with van der Waals surface area (Å²) in [5.41, 5.74) is 3.31. The molecule has 0 aromatic heterocycles. The molecule has 0 saturated heterocycles. The lowest BCUT2D eigenvalue weighted by Gasteiger charge is -2.07. The molecule has 0 unspecified atom stereocenters. The molecule has 2 aromatic rings. The van der Waals surface area contributed by atoms with E-state index in [2.05, 4.69) is 27.7 Å². The van der Waals surface area contributed by atoms with E-state index in [4.69, 9.17) is 5.11 Å². The summed E-state index contributed by atoms with van der Waals surface area (Å²) in [5.74, 6) is 1.66. The summed E-state index contributed by atoms with van der Waals surface area (Å²) in [7, 11) is 0. The van der Waals surface area contributed by atoms with Gasteiger partial charge in [0.15, 0.2) is 0 Å². The molecule has 2 heteroatoms. The molecule has 0 radical (unpaired) electrons. The van der Waals surface area contributed by atoms with E-state index in [1.807, 2.05) is 31.2 Å². The van der Waals surface area contributed by atoms with E-state index in [-0.39, 0.29) is 0 Å². The molecule has 0 heterocycles. The molecule has 2 aromatic carbocycles. The van der Waals surface area contributed by atoms with E-state index in [1.165, 1.54) is 5.56 Å². The predicted molar refractivity (Wildman–Crippen MR) is 89.1 cm³/mol. The van der Waals surface area contributed by atoms with Crippen LogP contribution in [-0.4, -0.2) is 10.2 Å². The third-order valence-corrected chi connectivity index (χ3v) is 3.34. The van der Waals surface area contributed by atoms with Crippen LogP contribution in [0.4, 0.5) is 0 Å². The quantitative estimate of drug-likeness (QED) is 0.782. The zero-order chi connectivity index (χ0) is 16.0. The lowest BCUT2D eigenvalue weighted by Crippen LogP contribution is -1.87. The molecular weight excluding hydrogens is 260 g/mol. The summed E-state index contributed by atoms with van der Waals surface area (Å²) in [6.45, 7) is 10.3. The average molecular weight is 286 g/mol. The Hall–Kier alpha value is -1.96. The van der Waals surface area contributed by atoms with Crippen molar-refractivity contribution < 1.29 is 10.2 Å². The highest BCUT2D eigenvalue weighted by atomic mass is 16.3. The normalized spacial score (nSPS) is 10.4. The van der Waals surface area contributed by atoms with Crippen molar-refractivity contribution in [3.63, 3.8) is 0 Å². The monoisotopic (exact) mass is 286 g/mol. The third kappa shape index (κ3) is 5.50. The summed E-state index contributed by atoms with van der Waals surface area (Å²) >= 11 is 0. The van der Waals surface area contributed by atoms with Crippen molar-refractivity contribution in [1.82, 2.24) is 0 Å². The number of benzene rings is 2. The second kappa shape index (κ2) is 7.72. The van der Waals surface area contributed by atoms with Gasteiger partial charge in [0.2, 0.25) is 0 Å². The molecule has 0 aliphatic carbocycles. The van der Waals surface area contributed by atoms with Crippen LogP contribution in [0.1, 0.15) is 56.2 Å². The number of hydrogen-bond donors (Lipinski definition) is 2. The zero-order valence-electron chi connectivity index (χ0n) is 13.6. The first-order valence-electron chi connectivity index (χ1n) is 7.39. The second-order valence-corrected chi connectivity index (χ2v) is 5.97. The van der Waals surface area contributed by atoms with Crippen LogP contribution in [0.15, 0.2) is 42.5 Å². The molecule has 0 bridgehead atoms. The highest BCUT2D eigenvalue weighted by Crippen LogP contribution is 2.25. The Kier molecular flexibility index (Phi) is 6.29. The van der Waals surface area contributed by atoms with Gasteiger partial charge in [-0.25, -0.2) is 0 Å². The lowest BCUT2D eigenvalue weighted by molar-refractivity contribution is 0.464. The van der Waals surface area contributed by atoms with Gasteiger partial charge in [-0.2, -0.15) is 0 Å². The molecule has 21 heavy (non-hydrogen) atoms. The Morgan fingerprint density at radius 3 is 1.90 bits per heavy atom. The van der Waals surface area contributed by atoms with E-state index < -0.39 is 0 Å². The van der Waals surface area contributed by atoms with Crippen LogP contribution >= 0.6 is 0 Å². The average Bonchev–Trinajstić information content (AvgIpc) is 2.38. The van der Waals surface area contributed by atoms with E-state index in [1.54, 1.807) is 18.2 Å². The van der Waals surface area contributed by atoms with Crippen molar-refractivity contribution in [1.29, 1.82) is 0 Å². The molecule has 0 aliphatic heterocycles. The van der Waals surface area contributed by atoms with E-state index in [0.717, 1.165) is 11.1 Å². The topological polar surface area (TPSA) is 40.5 Å². The number of phenolic OH excluding ortho intramolecular Hbond substituents is 2. The Morgan fingerprint density at radius 2 is 1.48 bits per heavy atom. The molecule has 0 atom stereocenters. The molecule has 0 amide bonds. The largest absolute Gasteiger partial charge is 0.508 e. The minimum absolute atomic E-state index is 0.353. The molecular formula is C19H26O2. The van der Waals surface area contributed by atoms with Gasteiger partial charge in [0.25, 0.3) is 0 Å². The summed E-state index contributed by atoms with van der Waals surface area (Å²) in [5, 5.41) is 18.5. The van der Waals surface area contributed by atoms with Gasteiger partial charge >= 0.3 is 0 Å². The first-order valence-corrected chi connectivity index (χ1v) is 7.39. The second-order valence-electron chi connectivity index (χ2n) is 5.97. The summed E-state index contributed by atoms with van der Waals surface area (Å²) in [6, 6.07) is 13.2. The van der Waals surface area contributed by atoms with Gasteiger partial charge in [0.1, 0.15) is 11.5 Å². The Labute approximate surface area is 128 Å². The predicted octanol–water partition coefficient (Wildman–Crippen LogP) is 5.34. The van der Waals surface area contributed by atoms with Gasteiger partial charge in [-0.15, -0.1) is 0 Å². The van der Waals surface area contributed by atoms with Crippen molar-refractivity contribution in [3.8, 4) is 11.5 Å². The Balaban J connectivity index is 0.000000211. The number of rotatable bonds is 2. The summed E-state index contributed by atoms with van der Waals surface area (Å²) < 4.78 is 0. The number of aromatic hydroxyl groups is 2. The fourth-order valence-electron chi connectivity index (χ4n) is 2.03. The minimum Gasteiger partial charge on any atom is -0.508 e. The standard InChI is InChI=1S/C10H14O.C9H12O/c1-7(2)9-5-4-8(3)6-10(9)11;1-7(2)8-4-3-5-9(10)6-8/h4-7,11H,1-3H3;3-7,10H,1-2H3. The van der Waals surface area contributed by atoms with Crippen LogP contribution in [0.3, 0.4) is 0 Å². The number of aryl methyl sites for hydroxylation is 1. The summed E-state index contributed by atoms with van der Waals surface area (Å²) in [4.78, 5) is 0. The van der Waals surface area contributed by atoms with Crippen molar-refractivity contribution in [3.05, 3.63) is 59.2 Å². The van der Waals surface area contributed by atoms with Gasteiger partial charge < -0.3 is 10.2 Å². The van der Waals surface area contributed by atoms with Crippen LogP contribution in [0.5, 0.6) is 11.5 Å². The molecule has 114 valence electrons. The van der Waals surface area contributed by atoms with E-state index in [0.29, 0.717) is 23.3 Å². The first-order chi connectivity index (χ1) is 9.81. The van der Waals surface area contributed by atoms with Crippen LogP contribution in [0.25, 0.3) is 0 Å². The van der Waals surface area contributed by atoms with Crippen molar-refractivity contribution >= 4 is 0 Å². The molecule has 0 saturated carbocycles. The maximum atomic E-state index is 9.46. The molecule has 2 rings (SSSR count). The smallest absolute Gasteiger partial charge is 0.119 e. The van der Waals surface area contributed by atoms with Crippen molar-refractivity contribution in [2.24, 2.45) is 0 Å². The van der Waals surface area contributed by atoms with Gasteiger partial charge in [0.05, 0.1) is 0 Å². The Morgan fingerprint density at radius 1 is 0.810 bits per heavy atom. The van der Waals surface area contributed by atoms with Crippen LogP contribution in [0.2, 0.25) is 0 Å². The maximum absolute atomic E-state index is 9.46. The van der Waals surface area contributed by atoms with Gasteiger partial charge in [0, 0.05) is 0 Å². The molecule has 2 N–H and O–H groups in total. The van der Waals surface area contributed by atoms with Crippen LogP contribution in [-0.2, 0) is 0 Å².